The molecule has 0 fully saturated rings. The standard InChI is InChI=1S/C15H19FN2O4/c1-15(2,3)22-14(20)17-7-9-8-21-12-5-4-10(16)6-11(12)18-13(9)19/h4-6,9H,7-8H2,1-3H3,(H,17,20)(H,18,19). The zero-order chi connectivity index (χ0) is 16.3. The molecule has 0 aromatic heterocycles. The van der Waals surface area contributed by atoms with Crippen LogP contribution in [0.5, 0.6) is 5.75 Å². The maximum absolute atomic E-state index is 13.2. The number of nitrogens with one attached hydrogen (secondary N) is 2. The fourth-order valence-corrected chi connectivity index (χ4v) is 1.90. The molecule has 120 valence electrons. The van der Waals surface area contributed by atoms with Crippen LogP contribution in [0, 0.1) is 11.7 Å². The lowest BCUT2D eigenvalue weighted by Crippen LogP contribution is -2.40. The van der Waals surface area contributed by atoms with Crippen molar-refractivity contribution in [2.24, 2.45) is 5.92 Å². The van der Waals surface area contributed by atoms with Crippen molar-refractivity contribution in [2.75, 3.05) is 18.5 Å². The topological polar surface area (TPSA) is 76.7 Å². The molecular formula is C15H19FN2O4. The molecule has 1 aliphatic rings. The van der Waals surface area contributed by atoms with Crippen LogP contribution in [0.1, 0.15) is 20.8 Å². The summed E-state index contributed by atoms with van der Waals surface area (Å²) in [6.07, 6.45) is -0.604. The van der Waals surface area contributed by atoms with Crippen LogP contribution in [0.15, 0.2) is 18.2 Å². The van der Waals surface area contributed by atoms with Crippen LogP contribution in [-0.4, -0.2) is 30.8 Å². The van der Waals surface area contributed by atoms with Crippen LogP contribution in [0.25, 0.3) is 0 Å². The third-order valence-electron chi connectivity index (χ3n) is 2.90. The van der Waals surface area contributed by atoms with Gasteiger partial charge < -0.3 is 20.1 Å². The highest BCUT2D eigenvalue weighted by atomic mass is 19.1. The van der Waals surface area contributed by atoms with Gasteiger partial charge in [0.2, 0.25) is 5.91 Å². The molecule has 2 rings (SSSR count). The molecule has 1 aromatic rings. The highest BCUT2D eigenvalue weighted by molar-refractivity contribution is 5.95. The SMILES string of the molecule is CC(C)(C)OC(=O)NCC1COc2ccc(F)cc2NC1=O. The van der Waals surface area contributed by atoms with Crippen LogP contribution in [0.4, 0.5) is 14.9 Å². The Bertz CT molecular complexity index is 583. The van der Waals surface area contributed by atoms with E-state index in [4.69, 9.17) is 9.47 Å². The van der Waals surface area contributed by atoms with Crippen molar-refractivity contribution in [1.82, 2.24) is 5.32 Å². The predicted molar refractivity (Wildman–Crippen MR) is 78.3 cm³/mol. The molecule has 0 saturated heterocycles. The van der Waals surface area contributed by atoms with E-state index in [9.17, 15) is 14.0 Å². The molecule has 1 unspecified atom stereocenters. The summed E-state index contributed by atoms with van der Waals surface area (Å²) in [5.74, 6) is -1.01. The van der Waals surface area contributed by atoms with Crippen LogP contribution >= 0.6 is 0 Å². The number of carbonyl (C=O) groups excluding carboxylic acids is 2. The number of hydrogen-bond donors (Lipinski definition) is 2. The van der Waals surface area contributed by atoms with Crippen LogP contribution in [0.2, 0.25) is 0 Å². The second-order valence-corrected chi connectivity index (χ2v) is 6.02. The van der Waals surface area contributed by atoms with Crippen LogP contribution < -0.4 is 15.4 Å². The van der Waals surface area contributed by atoms with Gasteiger partial charge in [-0.25, -0.2) is 9.18 Å². The fourth-order valence-electron chi connectivity index (χ4n) is 1.90. The number of fused-ring (bicyclic) bond motifs is 1. The lowest BCUT2D eigenvalue weighted by Gasteiger charge is -2.20. The minimum atomic E-state index is -0.611. The highest BCUT2D eigenvalue weighted by Gasteiger charge is 2.26. The zero-order valence-electron chi connectivity index (χ0n) is 12.7. The van der Waals surface area contributed by atoms with E-state index in [1.54, 1.807) is 20.8 Å². The summed E-state index contributed by atoms with van der Waals surface area (Å²) in [5.41, 5.74) is -0.329. The molecule has 1 aliphatic heterocycles. The minimum Gasteiger partial charge on any atom is -0.491 e. The number of benzene rings is 1. The summed E-state index contributed by atoms with van der Waals surface area (Å²) in [7, 11) is 0. The number of hydrogen-bond acceptors (Lipinski definition) is 4. The number of halogens is 1. The Balaban J connectivity index is 1.95. The third kappa shape index (κ3) is 4.34. The van der Waals surface area contributed by atoms with Gasteiger partial charge in [-0.1, -0.05) is 0 Å². The molecule has 1 aromatic carbocycles. The Kier molecular flexibility index (Phi) is 4.54. The van der Waals surface area contributed by atoms with Crippen molar-refractivity contribution >= 4 is 17.7 Å². The van der Waals surface area contributed by atoms with Gasteiger partial charge in [0, 0.05) is 12.6 Å². The molecule has 1 heterocycles. The van der Waals surface area contributed by atoms with Crippen molar-refractivity contribution in [3.63, 3.8) is 0 Å². The third-order valence-corrected chi connectivity index (χ3v) is 2.90. The molecule has 0 saturated carbocycles. The lowest BCUT2D eigenvalue weighted by atomic mass is 10.1. The number of anilines is 1. The van der Waals surface area contributed by atoms with Crippen LogP contribution in [0.3, 0.4) is 0 Å². The summed E-state index contributed by atoms with van der Waals surface area (Å²) in [5, 5.41) is 5.12. The molecule has 7 heteroatoms. The molecule has 2 N–H and O–H groups in total. The number of amides is 2. The van der Waals surface area contributed by atoms with Crippen molar-refractivity contribution in [3.05, 3.63) is 24.0 Å². The van der Waals surface area contributed by atoms with Gasteiger partial charge in [0.25, 0.3) is 0 Å². The Labute approximate surface area is 128 Å². The molecule has 22 heavy (non-hydrogen) atoms. The second-order valence-electron chi connectivity index (χ2n) is 6.02. The van der Waals surface area contributed by atoms with E-state index < -0.39 is 23.4 Å². The molecule has 2 amide bonds. The number of ether oxygens (including phenoxy) is 2. The maximum atomic E-state index is 13.2. The van der Waals surface area contributed by atoms with Gasteiger partial charge in [-0.05, 0) is 32.9 Å². The Hall–Kier alpha value is -2.31. The van der Waals surface area contributed by atoms with Gasteiger partial charge in [0.05, 0.1) is 11.6 Å². The van der Waals surface area contributed by atoms with E-state index in [-0.39, 0.29) is 24.7 Å². The van der Waals surface area contributed by atoms with Crippen molar-refractivity contribution in [3.8, 4) is 5.75 Å². The molecule has 0 bridgehead atoms. The van der Waals surface area contributed by atoms with Gasteiger partial charge in [-0.3, -0.25) is 4.79 Å². The molecule has 0 radical (unpaired) electrons. The Morgan fingerprint density at radius 3 is 2.91 bits per heavy atom. The Morgan fingerprint density at radius 1 is 1.50 bits per heavy atom. The average Bonchev–Trinajstić information content (AvgIpc) is 2.52. The first kappa shape index (κ1) is 16.1. The van der Waals surface area contributed by atoms with Crippen molar-refractivity contribution in [2.45, 2.75) is 26.4 Å². The fraction of sp³-hybridized carbons (Fsp3) is 0.467. The van der Waals surface area contributed by atoms with Gasteiger partial charge in [0.15, 0.2) is 0 Å². The first-order valence-electron chi connectivity index (χ1n) is 6.95. The van der Waals surface area contributed by atoms with Crippen molar-refractivity contribution < 1.29 is 23.5 Å². The zero-order valence-corrected chi connectivity index (χ0v) is 12.7. The molecule has 0 spiro atoms. The summed E-state index contributed by atoms with van der Waals surface area (Å²) < 4.78 is 23.8. The summed E-state index contributed by atoms with van der Waals surface area (Å²) >= 11 is 0. The van der Waals surface area contributed by atoms with E-state index in [0.29, 0.717) is 5.75 Å². The minimum absolute atomic E-state index is 0.0667. The maximum Gasteiger partial charge on any atom is 0.407 e. The quantitative estimate of drug-likeness (QED) is 0.879. The number of rotatable bonds is 2. The van der Waals surface area contributed by atoms with E-state index in [0.717, 1.165) is 0 Å². The molecule has 1 atom stereocenters. The summed E-state index contributed by atoms with van der Waals surface area (Å²) in [6, 6.07) is 3.90. The second kappa shape index (κ2) is 6.21. The van der Waals surface area contributed by atoms with Crippen molar-refractivity contribution in [1.29, 1.82) is 0 Å². The van der Waals surface area contributed by atoms with Gasteiger partial charge >= 0.3 is 6.09 Å². The van der Waals surface area contributed by atoms with Gasteiger partial charge in [-0.15, -0.1) is 0 Å². The average molecular weight is 310 g/mol. The monoisotopic (exact) mass is 310 g/mol. The number of alkyl carbamates (subject to hydrolysis) is 1. The highest BCUT2D eigenvalue weighted by Crippen LogP contribution is 2.28. The first-order chi connectivity index (χ1) is 10.2. The van der Waals surface area contributed by atoms with E-state index in [2.05, 4.69) is 10.6 Å². The number of carbonyl (C=O) groups is 2. The molecule has 0 aliphatic carbocycles. The molecule has 6 nitrogen and oxygen atoms in total. The lowest BCUT2D eigenvalue weighted by molar-refractivity contribution is -0.120. The van der Waals surface area contributed by atoms with E-state index in [1.165, 1.54) is 18.2 Å². The summed E-state index contributed by atoms with van der Waals surface area (Å²) in [6.45, 7) is 5.40. The van der Waals surface area contributed by atoms with E-state index in [1.807, 2.05) is 0 Å². The van der Waals surface area contributed by atoms with Gasteiger partial charge in [0.1, 0.15) is 23.8 Å². The largest absolute Gasteiger partial charge is 0.491 e. The van der Waals surface area contributed by atoms with Crippen LogP contribution in [-0.2, 0) is 9.53 Å². The van der Waals surface area contributed by atoms with E-state index >= 15 is 0 Å². The predicted octanol–water partition coefficient (Wildman–Crippen LogP) is 2.30. The first-order valence-corrected chi connectivity index (χ1v) is 6.95. The normalized spacial score (nSPS) is 17.6. The Morgan fingerprint density at radius 2 is 2.23 bits per heavy atom. The summed E-state index contributed by atoms with van der Waals surface area (Å²) in [4.78, 5) is 23.7. The molecular weight excluding hydrogens is 291 g/mol. The van der Waals surface area contributed by atoms with Gasteiger partial charge in [-0.2, -0.15) is 0 Å². The smallest absolute Gasteiger partial charge is 0.407 e.